The normalized spacial score (nSPS) is 16.6. The summed E-state index contributed by atoms with van der Waals surface area (Å²) in [6.45, 7) is 1.84. The van der Waals surface area contributed by atoms with E-state index in [0.717, 1.165) is 37.0 Å². The molecule has 2 aromatic rings. The number of benzene rings is 1. The summed E-state index contributed by atoms with van der Waals surface area (Å²) in [6, 6.07) is 9.21. The summed E-state index contributed by atoms with van der Waals surface area (Å²) in [5.41, 5.74) is 0.334. The van der Waals surface area contributed by atoms with E-state index in [1.807, 2.05) is 6.92 Å². The monoisotopic (exact) mass is 428 g/mol. The van der Waals surface area contributed by atoms with E-state index < -0.39 is 20.0 Å². The second-order valence-electron chi connectivity index (χ2n) is 6.81. The van der Waals surface area contributed by atoms with Gasteiger partial charge in [0.25, 0.3) is 10.0 Å². The Morgan fingerprint density at radius 2 is 1.59 bits per heavy atom. The van der Waals surface area contributed by atoms with E-state index in [1.54, 1.807) is 19.2 Å². The zero-order chi connectivity index (χ0) is 19.7. The first-order valence-corrected chi connectivity index (χ1v) is 12.6. The summed E-state index contributed by atoms with van der Waals surface area (Å²) >= 11 is 1.19. The van der Waals surface area contributed by atoms with Crippen LogP contribution in [0.4, 0.5) is 5.69 Å². The third-order valence-electron chi connectivity index (χ3n) is 4.85. The van der Waals surface area contributed by atoms with Gasteiger partial charge in [0.05, 0.1) is 4.90 Å². The third-order valence-corrected chi connectivity index (χ3v) is 9.65. The van der Waals surface area contributed by atoms with E-state index in [0.29, 0.717) is 5.69 Å². The lowest BCUT2D eigenvalue weighted by Crippen LogP contribution is -2.38. The highest BCUT2D eigenvalue weighted by Crippen LogP contribution is 2.28. The summed E-state index contributed by atoms with van der Waals surface area (Å²) in [5, 5.41) is 0. The lowest BCUT2D eigenvalue weighted by Gasteiger charge is -2.30. The van der Waals surface area contributed by atoms with Crippen molar-refractivity contribution in [1.29, 1.82) is 0 Å². The fourth-order valence-electron chi connectivity index (χ4n) is 3.26. The van der Waals surface area contributed by atoms with Gasteiger partial charge in [-0.1, -0.05) is 19.3 Å². The maximum atomic E-state index is 12.8. The van der Waals surface area contributed by atoms with E-state index in [9.17, 15) is 16.8 Å². The number of hydrogen-bond donors (Lipinski definition) is 1. The van der Waals surface area contributed by atoms with Crippen LogP contribution in [0.2, 0.25) is 0 Å². The predicted octanol–water partition coefficient (Wildman–Crippen LogP) is 3.81. The highest BCUT2D eigenvalue weighted by molar-refractivity contribution is 7.94. The Kier molecular flexibility index (Phi) is 5.95. The molecule has 1 aliphatic carbocycles. The molecule has 9 heteroatoms. The Labute approximate surface area is 165 Å². The second-order valence-corrected chi connectivity index (χ2v) is 12.0. The van der Waals surface area contributed by atoms with Gasteiger partial charge in [-0.3, -0.25) is 4.72 Å². The zero-order valence-corrected chi connectivity index (χ0v) is 17.8. The Hall–Kier alpha value is -1.42. The molecule has 1 aromatic carbocycles. The summed E-state index contributed by atoms with van der Waals surface area (Å²) in [5.74, 6) is 0. The Bertz CT molecular complexity index is 989. The largest absolute Gasteiger partial charge is 0.279 e. The zero-order valence-electron chi connectivity index (χ0n) is 15.4. The van der Waals surface area contributed by atoms with Crippen LogP contribution in [0.15, 0.2) is 45.5 Å². The van der Waals surface area contributed by atoms with Crippen molar-refractivity contribution in [1.82, 2.24) is 4.31 Å². The molecule has 1 saturated carbocycles. The first kappa shape index (κ1) is 20.3. The standard InChI is InChI=1S/C18H24N2O4S3/c1-14-8-13-18(25-14)26(21,22)19-15-9-11-17(12-10-15)27(23,24)20(2)16-6-4-3-5-7-16/h8-13,16,19H,3-7H2,1-2H3. The van der Waals surface area contributed by atoms with Gasteiger partial charge in [-0.05, 0) is 56.2 Å². The minimum Gasteiger partial charge on any atom is -0.279 e. The molecule has 0 unspecified atom stereocenters. The van der Waals surface area contributed by atoms with Crippen LogP contribution in [0.5, 0.6) is 0 Å². The van der Waals surface area contributed by atoms with Crippen molar-refractivity contribution in [3.8, 4) is 0 Å². The van der Waals surface area contributed by atoms with Crippen LogP contribution in [0, 0.1) is 6.92 Å². The first-order chi connectivity index (χ1) is 12.7. The van der Waals surface area contributed by atoms with E-state index in [-0.39, 0.29) is 15.1 Å². The number of thiophene rings is 1. The summed E-state index contributed by atoms with van der Waals surface area (Å²) in [7, 11) is -5.63. The van der Waals surface area contributed by atoms with Crippen LogP contribution in [0.25, 0.3) is 0 Å². The molecule has 0 bridgehead atoms. The minimum absolute atomic E-state index is 0.0315. The van der Waals surface area contributed by atoms with Crippen LogP contribution in [-0.2, 0) is 20.0 Å². The lowest BCUT2D eigenvalue weighted by molar-refractivity contribution is 0.286. The van der Waals surface area contributed by atoms with Gasteiger partial charge >= 0.3 is 0 Å². The molecule has 0 saturated heterocycles. The summed E-state index contributed by atoms with van der Waals surface area (Å²) < 4.78 is 54.6. The minimum atomic E-state index is -3.67. The molecule has 27 heavy (non-hydrogen) atoms. The first-order valence-electron chi connectivity index (χ1n) is 8.87. The number of nitrogens with one attached hydrogen (secondary N) is 1. The van der Waals surface area contributed by atoms with E-state index in [1.165, 1.54) is 39.9 Å². The molecule has 0 radical (unpaired) electrons. The van der Waals surface area contributed by atoms with Crippen LogP contribution in [0.1, 0.15) is 37.0 Å². The predicted molar refractivity (Wildman–Crippen MR) is 108 cm³/mol. The van der Waals surface area contributed by atoms with Crippen molar-refractivity contribution in [2.45, 2.75) is 54.2 Å². The maximum absolute atomic E-state index is 12.8. The van der Waals surface area contributed by atoms with Crippen molar-refractivity contribution in [3.05, 3.63) is 41.3 Å². The molecule has 1 aromatic heterocycles. The van der Waals surface area contributed by atoms with Crippen LogP contribution >= 0.6 is 11.3 Å². The van der Waals surface area contributed by atoms with Gasteiger partial charge in [0.2, 0.25) is 10.0 Å². The van der Waals surface area contributed by atoms with Gasteiger partial charge in [0.1, 0.15) is 4.21 Å². The molecule has 1 aliphatic rings. The Balaban J connectivity index is 1.76. The van der Waals surface area contributed by atoms with Crippen molar-refractivity contribution in [2.24, 2.45) is 0 Å². The highest BCUT2D eigenvalue weighted by Gasteiger charge is 2.29. The van der Waals surface area contributed by atoms with Gasteiger partial charge in [0.15, 0.2) is 0 Å². The second kappa shape index (κ2) is 7.90. The number of nitrogens with zero attached hydrogens (tertiary/aromatic N) is 1. The molecule has 0 amide bonds. The van der Waals surface area contributed by atoms with Crippen molar-refractivity contribution < 1.29 is 16.8 Å². The van der Waals surface area contributed by atoms with Crippen molar-refractivity contribution in [3.63, 3.8) is 0 Å². The molecule has 148 valence electrons. The highest BCUT2D eigenvalue weighted by atomic mass is 32.2. The van der Waals surface area contributed by atoms with E-state index in [4.69, 9.17) is 0 Å². The van der Waals surface area contributed by atoms with Gasteiger partial charge < -0.3 is 0 Å². The lowest BCUT2D eigenvalue weighted by atomic mass is 9.96. The van der Waals surface area contributed by atoms with E-state index >= 15 is 0 Å². The van der Waals surface area contributed by atoms with Crippen molar-refractivity contribution >= 4 is 37.1 Å². The number of sulfonamides is 2. The average molecular weight is 429 g/mol. The number of anilines is 1. The Morgan fingerprint density at radius 3 is 2.15 bits per heavy atom. The van der Waals surface area contributed by atoms with Crippen LogP contribution < -0.4 is 4.72 Å². The molecular formula is C18H24N2O4S3. The quantitative estimate of drug-likeness (QED) is 0.758. The van der Waals surface area contributed by atoms with Crippen molar-refractivity contribution in [2.75, 3.05) is 11.8 Å². The van der Waals surface area contributed by atoms with Crippen LogP contribution in [0.3, 0.4) is 0 Å². The smallest absolute Gasteiger partial charge is 0.271 e. The molecule has 1 fully saturated rings. The SMILES string of the molecule is Cc1ccc(S(=O)(=O)Nc2ccc(S(=O)(=O)N(C)C3CCCCC3)cc2)s1. The molecule has 0 aliphatic heterocycles. The third kappa shape index (κ3) is 4.53. The number of rotatable bonds is 6. The Morgan fingerprint density at radius 1 is 0.963 bits per heavy atom. The fraction of sp³-hybridized carbons (Fsp3) is 0.444. The van der Waals surface area contributed by atoms with Gasteiger partial charge in [0, 0.05) is 23.7 Å². The molecule has 6 nitrogen and oxygen atoms in total. The van der Waals surface area contributed by atoms with Gasteiger partial charge in [-0.2, -0.15) is 4.31 Å². The fourth-order valence-corrected chi connectivity index (χ4v) is 7.02. The summed E-state index contributed by atoms with van der Waals surface area (Å²) in [6.07, 6.45) is 5.02. The van der Waals surface area contributed by atoms with Gasteiger partial charge in [-0.25, -0.2) is 16.8 Å². The molecule has 1 heterocycles. The molecule has 0 atom stereocenters. The number of aryl methyl sites for hydroxylation is 1. The summed E-state index contributed by atoms with van der Waals surface area (Å²) in [4.78, 5) is 1.08. The molecule has 1 N–H and O–H groups in total. The van der Waals surface area contributed by atoms with Crippen LogP contribution in [-0.4, -0.2) is 34.2 Å². The number of hydrogen-bond acceptors (Lipinski definition) is 5. The average Bonchev–Trinajstić information content (AvgIpc) is 3.09. The van der Waals surface area contributed by atoms with E-state index in [2.05, 4.69) is 4.72 Å². The topological polar surface area (TPSA) is 83.5 Å². The molecule has 3 rings (SSSR count). The molecule has 0 spiro atoms. The van der Waals surface area contributed by atoms with Gasteiger partial charge in [-0.15, -0.1) is 11.3 Å². The maximum Gasteiger partial charge on any atom is 0.271 e. The molecular weight excluding hydrogens is 404 g/mol.